The molecule has 5 heteroatoms. The molecule has 1 aliphatic rings. The number of hydrogen-bond acceptors (Lipinski definition) is 4. The van der Waals surface area contributed by atoms with Crippen molar-refractivity contribution in [3.05, 3.63) is 29.8 Å². The zero-order valence-corrected chi connectivity index (χ0v) is 11.4. The second-order valence-electron chi connectivity index (χ2n) is 4.93. The maximum Gasteiger partial charge on any atom is 0.234 e. The van der Waals surface area contributed by atoms with E-state index in [0.29, 0.717) is 18.7 Å². The van der Waals surface area contributed by atoms with E-state index in [1.165, 1.54) is 0 Å². The van der Waals surface area contributed by atoms with Crippen LogP contribution in [0.1, 0.15) is 24.8 Å². The van der Waals surface area contributed by atoms with Crippen LogP contribution in [-0.2, 0) is 4.79 Å². The van der Waals surface area contributed by atoms with Crippen molar-refractivity contribution in [3.8, 4) is 11.8 Å². The first-order chi connectivity index (χ1) is 9.70. The van der Waals surface area contributed by atoms with Crippen molar-refractivity contribution >= 4 is 5.91 Å². The molecule has 1 atom stereocenters. The van der Waals surface area contributed by atoms with Gasteiger partial charge in [0.05, 0.1) is 17.7 Å². The lowest BCUT2D eigenvalue weighted by atomic mass is 10.0. The van der Waals surface area contributed by atoms with Crippen LogP contribution in [0.3, 0.4) is 0 Å². The highest BCUT2D eigenvalue weighted by Gasteiger charge is 2.26. The SMILES string of the molecule is N#Cc1ccc(OCCN2CCCC[C@@H]2C(N)=O)cc1. The van der Waals surface area contributed by atoms with Gasteiger partial charge >= 0.3 is 0 Å². The molecule has 0 saturated carbocycles. The Bertz CT molecular complexity index is 493. The first-order valence-electron chi connectivity index (χ1n) is 6.87. The van der Waals surface area contributed by atoms with Crippen molar-refractivity contribution in [1.29, 1.82) is 5.26 Å². The highest BCUT2D eigenvalue weighted by Crippen LogP contribution is 2.17. The topological polar surface area (TPSA) is 79.3 Å². The number of rotatable bonds is 5. The van der Waals surface area contributed by atoms with Gasteiger partial charge in [0.2, 0.25) is 5.91 Å². The average molecular weight is 273 g/mol. The standard InChI is InChI=1S/C15H19N3O2/c16-11-12-4-6-13(7-5-12)20-10-9-18-8-2-1-3-14(18)15(17)19/h4-7,14H,1-3,8-10H2,(H2,17,19)/t14-/m1/s1. The molecule has 1 saturated heterocycles. The maximum atomic E-state index is 11.4. The predicted molar refractivity (Wildman–Crippen MR) is 75.1 cm³/mol. The molecule has 2 rings (SSSR count). The minimum Gasteiger partial charge on any atom is -0.492 e. The van der Waals surface area contributed by atoms with Gasteiger partial charge in [0.1, 0.15) is 12.4 Å². The number of amides is 1. The van der Waals surface area contributed by atoms with Crippen LogP contribution < -0.4 is 10.5 Å². The molecule has 0 bridgehead atoms. The summed E-state index contributed by atoms with van der Waals surface area (Å²) in [5, 5.41) is 8.71. The van der Waals surface area contributed by atoms with Gasteiger partial charge in [-0.2, -0.15) is 5.26 Å². The molecule has 1 aliphatic heterocycles. The Balaban J connectivity index is 1.82. The normalized spacial score (nSPS) is 19.2. The summed E-state index contributed by atoms with van der Waals surface area (Å²) in [6.45, 7) is 2.09. The van der Waals surface area contributed by atoms with Crippen LogP contribution in [0.15, 0.2) is 24.3 Å². The Kier molecular flexibility index (Phi) is 4.97. The highest BCUT2D eigenvalue weighted by molar-refractivity contribution is 5.79. The summed E-state index contributed by atoms with van der Waals surface area (Å²) in [6, 6.07) is 8.91. The largest absolute Gasteiger partial charge is 0.492 e. The lowest BCUT2D eigenvalue weighted by Crippen LogP contribution is -2.48. The number of piperidine rings is 1. The smallest absolute Gasteiger partial charge is 0.234 e. The van der Waals surface area contributed by atoms with Gasteiger partial charge in [-0.25, -0.2) is 0 Å². The van der Waals surface area contributed by atoms with Gasteiger partial charge in [0, 0.05) is 6.54 Å². The lowest BCUT2D eigenvalue weighted by molar-refractivity contribution is -0.124. The van der Waals surface area contributed by atoms with E-state index in [4.69, 9.17) is 15.7 Å². The molecule has 20 heavy (non-hydrogen) atoms. The molecule has 1 aromatic carbocycles. The summed E-state index contributed by atoms with van der Waals surface area (Å²) >= 11 is 0. The third kappa shape index (κ3) is 3.72. The zero-order valence-electron chi connectivity index (χ0n) is 11.4. The molecule has 0 spiro atoms. The molecule has 1 amide bonds. The third-order valence-electron chi connectivity index (χ3n) is 3.57. The fourth-order valence-corrected chi connectivity index (χ4v) is 2.49. The van der Waals surface area contributed by atoms with E-state index in [9.17, 15) is 4.79 Å². The number of primary amides is 1. The van der Waals surface area contributed by atoms with E-state index in [1.807, 2.05) is 0 Å². The predicted octanol–water partition coefficient (Wildman–Crippen LogP) is 1.28. The Labute approximate surface area is 118 Å². The maximum absolute atomic E-state index is 11.4. The second-order valence-corrected chi connectivity index (χ2v) is 4.93. The molecule has 1 aromatic rings. The molecule has 0 aromatic heterocycles. The van der Waals surface area contributed by atoms with Gasteiger partial charge in [-0.15, -0.1) is 0 Å². The van der Waals surface area contributed by atoms with Crippen LogP contribution in [0.2, 0.25) is 0 Å². The van der Waals surface area contributed by atoms with Crippen LogP contribution in [0, 0.1) is 11.3 Å². The first-order valence-corrected chi connectivity index (χ1v) is 6.87. The van der Waals surface area contributed by atoms with Crippen molar-refractivity contribution in [2.75, 3.05) is 19.7 Å². The molecule has 0 radical (unpaired) electrons. The molecule has 1 heterocycles. The van der Waals surface area contributed by atoms with Gasteiger partial charge in [-0.1, -0.05) is 6.42 Å². The van der Waals surface area contributed by atoms with Gasteiger partial charge < -0.3 is 10.5 Å². The molecule has 0 unspecified atom stereocenters. The third-order valence-corrected chi connectivity index (χ3v) is 3.57. The monoisotopic (exact) mass is 273 g/mol. The van der Waals surface area contributed by atoms with Crippen LogP contribution in [0.5, 0.6) is 5.75 Å². The number of nitriles is 1. The lowest BCUT2D eigenvalue weighted by Gasteiger charge is -2.33. The van der Waals surface area contributed by atoms with E-state index in [2.05, 4.69) is 11.0 Å². The van der Waals surface area contributed by atoms with Crippen molar-refractivity contribution in [2.45, 2.75) is 25.3 Å². The minimum absolute atomic E-state index is 0.159. The fraction of sp³-hybridized carbons (Fsp3) is 0.467. The number of nitrogens with zero attached hydrogens (tertiary/aromatic N) is 2. The molecule has 5 nitrogen and oxygen atoms in total. The molecule has 2 N–H and O–H groups in total. The van der Waals surface area contributed by atoms with Gasteiger partial charge in [-0.3, -0.25) is 9.69 Å². The molecule has 106 valence electrons. The number of benzene rings is 1. The summed E-state index contributed by atoms with van der Waals surface area (Å²) in [4.78, 5) is 13.5. The van der Waals surface area contributed by atoms with Gasteiger partial charge in [0.15, 0.2) is 0 Å². The quantitative estimate of drug-likeness (QED) is 0.876. The molecular formula is C15H19N3O2. The number of carbonyl (C=O) groups is 1. The van der Waals surface area contributed by atoms with Crippen LogP contribution in [-0.4, -0.2) is 36.5 Å². The summed E-state index contributed by atoms with van der Waals surface area (Å²) in [7, 11) is 0. The van der Waals surface area contributed by atoms with Crippen LogP contribution >= 0.6 is 0 Å². The first kappa shape index (κ1) is 14.4. The Morgan fingerprint density at radius 3 is 2.80 bits per heavy atom. The second kappa shape index (κ2) is 6.92. The minimum atomic E-state index is -0.247. The van der Waals surface area contributed by atoms with E-state index >= 15 is 0 Å². The van der Waals surface area contributed by atoms with Gasteiger partial charge in [-0.05, 0) is 43.7 Å². The Morgan fingerprint density at radius 2 is 2.15 bits per heavy atom. The number of ether oxygens (including phenoxy) is 1. The van der Waals surface area contributed by atoms with Crippen molar-refractivity contribution in [3.63, 3.8) is 0 Å². The van der Waals surface area contributed by atoms with E-state index in [-0.39, 0.29) is 11.9 Å². The van der Waals surface area contributed by atoms with E-state index in [0.717, 1.165) is 31.6 Å². The summed E-state index contributed by atoms with van der Waals surface area (Å²) in [6.07, 6.45) is 2.99. The molecule has 0 aliphatic carbocycles. The van der Waals surface area contributed by atoms with Crippen molar-refractivity contribution in [2.24, 2.45) is 5.73 Å². The Morgan fingerprint density at radius 1 is 1.40 bits per heavy atom. The van der Waals surface area contributed by atoms with Crippen LogP contribution in [0.25, 0.3) is 0 Å². The number of carbonyl (C=O) groups excluding carboxylic acids is 1. The number of hydrogen-bond donors (Lipinski definition) is 1. The summed E-state index contributed by atoms with van der Waals surface area (Å²) in [5.41, 5.74) is 6.03. The number of nitrogens with two attached hydrogens (primary N) is 1. The van der Waals surface area contributed by atoms with Gasteiger partial charge in [0.25, 0.3) is 0 Å². The summed E-state index contributed by atoms with van der Waals surface area (Å²) in [5.74, 6) is 0.486. The van der Waals surface area contributed by atoms with E-state index < -0.39 is 0 Å². The highest BCUT2D eigenvalue weighted by atomic mass is 16.5. The van der Waals surface area contributed by atoms with Crippen molar-refractivity contribution in [1.82, 2.24) is 4.90 Å². The fourth-order valence-electron chi connectivity index (χ4n) is 2.49. The number of likely N-dealkylation sites (tertiary alicyclic amines) is 1. The summed E-state index contributed by atoms with van der Waals surface area (Å²) < 4.78 is 5.63. The Hall–Kier alpha value is -2.06. The molecular weight excluding hydrogens is 254 g/mol. The van der Waals surface area contributed by atoms with Crippen LogP contribution in [0.4, 0.5) is 0 Å². The van der Waals surface area contributed by atoms with Crippen molar-refractivity contribution < 1.29 is 9.53 Å². The van der Waals surface area contributed by atoms with E-state index in [1.54, 1.807) is 24.3 Å². The molecule has 1 fully saturated rings. The average Bonchev–Trinajstić information content (AvgIpc) is 2.48. The zero-order chi connectivity index (χ0) is 14.4.